The number of hydrogen-bond donors (Lipinski definition) is 1. The standard InChI is InChI=1S/C7H4BrFN2O/c8-6-3-11-2-4(9)5(12)1-7(11)10-6/h1-3,12H. The van der Waals surface area contributed by atoms with Crippen molar-refractivity contribution in [2.75, 3.05) is 0 Å². The van der Waals surface area contributed by atoms with Gasteiger partial charge in [-0.25, -0.2) is 9.37 Å². The number of fused-ring (bicyclic) bond motifs is 1. The molecule has 12 heavy (non-hydrogen) atoms. The number of hydrogen-bond acceptors (Lipinski definition) is 2. The average Bonchev–Trinajstić information content (AvgIpc) is 2.30. The first-order chi connectivity index (χ1) is 5.66. The zero-order chi connectivity index (χ0) is 8.72. The highest BCUT2D eigenvalue weighted by atomic mass is 79.9. The number of imidazole rings is 1. The quantitative estimate of drug-likeness (QED) is 0.752. The molecule has 0 amide bonds. The number of rotatable bonds is 0. The van der Waals surface area contributed by atoms with Crippen LogP contribution < -0.4 is 0 Å². The van der Waals surface area contributed by atoms with Crippen molar-refractivity contribution in [1.82, 2.24) is 9.38 Å². The molecule has 0 spiro atoms. The van der Waals surface area contributed by atoms with Crippen molar-refractivity contribution in [3.05, 3.63) is 28.9 Å². The first-order valence-corrected chi connectivity index (χ1v) is 3.99. The normalized spacial score (nSPS) is 10.8. The summed E-state index contributed by atoms with van der Waals surface area (Å²) in [6.45, 7) is 0. The SMILES string of the molecule is Oc1cc2nc(Br)cn2cc1F. The molecule has 5 heteroatoms. The summed E-state index contributed by atoms with van der Waals surface area (Å²) in [5.41, 5.74) is 0.501. The fourth-order valence-corrected chi connectivity index (χ4v) is 1.37. The molecule has 2 rings (SSSR count). The van der Waals surface area contributed by atoms with E-state index in [1.54, 1.807) is 6.20 Å². The predicted octanol–water partition coefficient (Wildman–Crippen LogP) is 1.94. The molecule has 2 heterocycles. The van der Waals surface area contributed by atoms with Gasteiger partial charge in [0.05, 0.1) is 6.20 Å². The first-order valence-electron chi connectivity index (χ1n) is 3.19. The van der Waals surface area contributed by atoms with Crippen LogP contribution in [0.15, 0.2) is 23.1 Å². The van der Waals surface area contributed by atoms with Crippen LogP contribution in [0.4, 0.5) is 4.39 Å². The molecule has 0 aliphatic rings. The topological polar surface area (TPSA) is 37.5 Å². The Labute approximate surface area is 75.6 Å². The molecular weight excluding hydrogens is 227 g/mol. The lowest BCUT2D eigenvalue weighted by atomic mass is 10.4. The maximum Gasteiger partial charge on any atom is 0.181 e. The maximum absolute atomic E-state index is 12.7. The molecule has 0 bridgehead atoms. The third-order valence-corrected chi connectivity index (χ3v) is 1.88. The Bertz CT molecular complexity index is 401. The number of halogens is 2. The average molecular weight is 231 g/mol. The van der Waals surface area contributed by atoms with Crippen molar-refractivity contribution < 1.29 is 9.50 Å². The van der Waals surface area contributed by atoms with Gasteiger partial charge in [-0.15, -0.1) is 0 Å². The van der Waals surface area contributed by atoms with Gasteiger partial charge in [0, 0.05) is 12.3 Å². The lowest BCUT2D eigenvalue weighted by Gasteiger charge is -1.95. The van der Waals surface area contributed by atoms with Crippen molar-refractivity contribution in [2.24, 2.45) is 0 Å². The molecule has 3 nitrogen and oxygen atoms in total. The van der Waals surface area contributed by atoms with Crippen molar-refractivity contribution in [2.45, 2.75) is 0 Å². The Morgan fingerprint density at radius 2 is 2.25 bits per heavy atom. The van der Waals surface area contributed by atoms with Gasteiger partial charge in [-0.3, -0.25) is 0 Å². The van der Waals surface area contributed by atoms with Crippen molar-refractivity contribution in [3.8, 4) is 5.75 Å². The highest BCUT2D eigenvalue weighted by Crippen LogP contribution is 2.19. The molecule has 62 valence electrons. The van der Waals surface area contributed by atoms with Crippen LogP contribution >= 0.6 is 15.9 Å². The van der Waals surface area contributed by atoms with E-state index in [2.05, 4.69) is 20.9 Å². The molecule has 0 aliphatic heterocycles. The maximum atomic E-state index is 12.7. The summed E-state index contributed by atoms with van der Waals surface area (Å²) in [5, 5.41) is 8.98. The second kappa shape index (κ2) is 2.45. The fraction of sp³-hybridized carbons (Fsp3) is 0. The fourth-order valence-electron chi connectivity index (χ4n) is 0.967. The second-order valence-corrected chi connectivity index (χ2v) is 3.15. The van der Waals surface area contributed by atoms with Crippen LogP contribution in [-0.4, -0.2) is 14.5 Å². The smallest absolute Gasteiger partial charge is 0.181 e. The van der Waals surface area contributed by atoms with Gasteiger partial charge >= 0.3 is 0 Å². The highest BCUT2D eigenvalue weighted by Gasteiger charge is 2.04. The molecule has 0 saturated carbocycles. The molecule has 2 aromatic rings. The van der Waals surface area contributed by atoms with Gasteiger partial charge < -0.3 is 9.51 Å². The Morgan fingerprint density at radius 3 is 3.00 bits per heavy atom. The summed E-state index contributed by atoms with van der Waals surface area (Å²) in [5.74, 6) is -1.05. The first kappa shape index (κ1) is 7.54. The summed E-state index contributed by atoms with van der Waals surface area (Å²) in [7, 11) is 0. The van der Waals surface area contributed by atoms with E-state index < -0.39 is 5.82 Å². The van der Waals surface area contributed by atoms with Crippen LogP contribution in [0.5, 0.6) is 5.75 Å². The van der Waals surface area contributed by atoms with E-state index in [0.29, 0.717) is 10.3 Å². The third-order valence-electron chi connectivity index (χ3n) is 1.49. The Morgan fingerprint density at radius 1 is 1.50 bits per heavy atom. The van der Waals surface area contributed by atoms with Gasteiger partial charge in [0.1, 0.15) is 10.3 Å². The van der Waals surface area contributed by atoms with E-state index in [9.17, 15) is 4.39 Å². The number of aromatic hydroxyl groups is 1. The molecule has 0 unspecified atom stereocenters. The number of pyridine rings is 1. The van der Waals surface area contributed by atoms with E-state index in [4.69, 9.17) is 5.11 Å². The number of aromatic nitrogens is 2. The summed E-state index contributed by atoms with van der Waals surface area (Å²) < 4.78 is 14.8. The Balaban J connectivity index is 2.83. The van der Waals surface area contributed by atoms with E-state index in [0.717, 1.165) is 0 Å². The lowest BCUT2D eigenvalue weighted by Crippen LogP contribution is -1.85. The molecule has 0 aliphatic carbocycles. The van der Waals surface area contributed by atoms with Gasteiger partial charge in [0.2, 0.25) is 0 Å². The summed E-state index contributed by atoms with van der Waals surface area (Å²) in [6.07, 6.45) is 2.78. The van der Waals surface area contributed by atoms with Crippen LogP contribution in [0.2, 0.25) is 0 Å². The molecular formula is C7H4BrFN2O. The van der Waals surface area contributed by atoms with E-state index in [1.165, 1.54) is 16.7 Å². The molecule has 0 saturated heterocycles. The number of nitrogens with zero attached hydrogens (tertiary/aromatic N) is 2. The predicted molar refractivity (Wildman–Crippen MR) is 44.5 cm³/mol. The van der Waals surface area contributed by atoms with Crippen LogP contribution in [0.25, 0.3) is 5.65 Å². The zero-order valence-corrected chi connectivity index (χ0v) is 7.42. The van der Waals surface area contributed by atoms with Crippen molar-refractivity contribution in [3.63, 3.8) is 0 Å². The van der Waals surface area contributed by atoms with Gasteiger partial charge in [0.15, 0.2) is 11.6 Å². The van der Waals surface area contributed by atoms with E-state index >= 15 is 0 Å². The van der Waals surface area contributed by atoms with Gasteiger partial charge in [-0.05, 0) is 15.9 Å². The zero-order valence-electron chi connectivity index (χ0n) is 5.83. The Kier molecular flexibility index (Phi) is 1.54. The molecule has 0 aromatic carbocycles. The highest BCUT2D eigenvalue weighted by molar-refractivity contribution is 9.10. The van der Waals surface area contributed by atoms with Gasteiger partial charge in [0.25, 0.3) is 0 Å². The monoisotopic (exact) mass is 230 g/mol. The van der Waals surface area contributed by atoms with Crippen LogP contribution in [0.3, 0.4) is 0 Å². The lowest BCUT2D eigenvalue weighted by molar-refractivity contribution is 0.430. The molecule has 0 atom stereocenters. The van der Waals surface area contributed by atoms with Crippen LogP contribution in [0.1, 0.15) is 0 Å². The van der Waals surface area contributed by atoms with Crippen LogP contribution in [0, 0.1) is 5.82 Å². The molecule has 0 radical (unpaired) electrons. The Hall–Kier alpha value is -1.10. The summed E-state index contributed by atoms with van der Waals surface area (Å²) in [6, 6.07) is 1.26. The largest absolute Gasteiger partial charge is 0.505 e. The van der Waals surface area contributed by atoms with Gasteiger partial charge in [-0.2, -0.15) is 0 Å². The van der Waals surface area contributed by atoms with Gasteiger partial charge in [-0.1, -0.05) is 0 Å². The molecule has 1 N–H and O–H groups in total. The van der Waals surface area contributed by atoms with E-state index in [1.807, 2.05) is 0 Å². The minimum Gasteiger partial charge on any atom is -0.505 e. The second-order valence-electron chi connectivity index (χ2n) is 2.34. The summed E-state index contributed by atoms with van der Waals surface area (Å²) >= 11 is 3.14. The van der Waals surface area contributed by atoms with Crippen LogP contribution in [-0.2, 0) is 0 Å². The molecule has 2 aromatic heterocycles. The van der Waals surface area contributed by atoms with E-state index in [-0.39, 0.29) is 5.75 Å². The third kappa shape index (κ3) is 1.06. The van der Waals surface area contributed by atoms with Crippen molar-refractivity contribution in [1.29, 1.82) is 0 Å². The molecule has 0 fully saturated rings. The minimum atomic E-state index is -0.660. The minimum absolute atomic E-state index is 0.388. The van der Waals surface area contributed by atoms with Crippen molar-refractivity contribution >= 4 is 21.6 Å². The summed E-state index contributed by atoms with van der Waals surface area (Å²) in [4.78, 5) is 3.97.